The average molecular weight is 202 g/mol. The Morgan fingerprint density at radius 1 is 1.57 bits per heavy atom. The minimum Gasteiger partial charge on any atom is -0.385 e. The van der Waals surface area contributed by atoms with Crippen LogP contribution < -0.4 is 5.73 Å². The van der Waals surface area contributed by atoms with Crippen molar-refractivity contribution in [2.24, 2.45) is 5.73 Å². The standard InChI is InChI=1S/C10H22N2O2/c1-4-6-9(11)10(13)12(2)7-5-8-14-3/h9H,4-8,11H2,1-3H3/t9-/m1/s1. The van der Waals surface area contributed by atoms with Crippen molar-refractivity contribution in [1.82, 2.24) is 4.90 Å². The average Bonchev–Trinajstić information content (AvgIpc) is 2.17. The fourth-order valence-corrected chi connectivity index (χ4v) is 1.27. The van der Waals surface area contributed by atoms with E-state index in [9.17, 15) is 4.79 Å². The lowest BCUT2D eigenvalue weighted by atomic mass is 10.1. The van der Waals surface area contributed by atoms with E-state index in [4.69, 9.17) is 10.5 Å². The topological polar surface area (TPSA) is 55.6 Å². The fraction of sp³-hybridized carbons (Fsp3) is 0.900. The lowest BCUT2D eigenvalue weighted by molar-refractivity contribution is -0.131. The summed E-state index contributed by atoms with van der Waals surface area (Å²) < 4.78 is 4.91. The second-order valence-corrected chi connectivity index (χ2v) is 3.50. The molecule has 4 heteroatoms. The first-order chi connectivity index (χ1) is 6.63. The third kappa shape index (κ3) is 5.19. The highest BCUT2D eigenvalue weighted by Gasteiger charge is 2.16. The van der Waals surface area contributed by atoms with Crippen molar-refractivity contribution in [3.05, 3.63) is 0 Å². The quantitative estimate of drug-likeness (QED) is 0.615. The van der Waals surface area contributed by atoms with Gasteiger partial charge < -0.3 is 15.4 Å². The third-order valence-corrected chi connectivity index (χ3v) is 2.14. The summed E-state index contributed by atoms with van der Waals surface area (Å²) in [5.41, 5.74) is 5.71. The lowest BCUT2D eigenvalue weighted by Gasteiger charge is -2.20. The predicted octanol–water partition coefficient (Wildman–Crippen LogP) is 0.609. The molecule has 0 aliphatic heterocycles. The molecule has 4 nitrogen and oxygen atoms in total. The molecule has 0 unspecified atom stereocenters. The number of ether oxygens (including phenoxy) is 1. The molecule has 0 heterocycles. The summed E-state index contributed by atoms with van der Waals surface area (Å²) in [4.78, 5) is 13.3. The molecule has 0 saturated heterocycles. The van der Waals surface area contributed by atoms with Gasteiger partial charge in [-0.3, -0.25) is 4.79 Å². The Kier molecular flexibility index (Phi) is 7.42. The molecule has 0 saturated carbocycles. The van der Waals surface area contributed by atoms with Crippen LogP contribution in [0, 0.1) is 0 Å². The molecule has 0 bridgehead atoms. The molecule has 0 aliphatic rings. The Labute approximate surface area is 86.4 Å². The van der Waals surface area contributed by atoms with Gasteiger partial charge >= 0.3 is 0 Å². The SMILES string of the molecule is CCC[C@@H](N)C(=O)N(C)CCCOC. The monoisotopic (exact) mass is 202 g/mol. The first kappa shape index (κ1) is 13.4. The normalized spacial score (nSPS) is 12.6. The second kappa shape index (κ2) is 7.76. The van der Waals surface area contributed by atoms with Crippen LogP contribution in [0.1, 0.15) is 26.2 Å². The molecular formula is C10H22N2O2. The van der Waals surface area contributed by atoms with Gasteiger partial charge in [0.05, 0.1) is 6.04 Å². The van der Waals surface area contributed by atoms with Crippen LogP contribution in [-0.4, -0.2) is 44.2 Å². The van der Waals surface area contributed by atoms with Crippen LogP contribution in [0.2, 0.25) is 0 Å². The minimum absolute atomic E-state index is 0.0305. The van der Waals surface area contributed by atoms with Crippen LogP contribution in [0.3, 0.4) is 0 Å². The molecule has 0 radical (unpaired) electrons. The Hall–Kier alpha value is -0.610. The van der Waals surface area contributed by atoms with Gasteiger partial charge in [0.1, 0.15) is 0 Å². The summed E-state index contributed by atoms with van der Waals surface area (Å²) in [6.07, 6.45) is 2.56. The molecule has 0 rings (SSSR count). The highest BCUT2D eigenvalue weighted by Crippen LogP contribution is 1.99. The second-order valence-electron chi connectivity index (χ2n) is 3.50. The van der Waals surface area contributed by atoms with Gasteiger partial charge in [-0.15, -0.1) is 0 Å². The van der Waals surface area contributed by atoms with E-state index >= 15 is 0 Å². The summed E-state index contributed by atoms with van der Waals surface area (Å²) >= 11 is 0. The van der Waals surface area contributed by atoms with E-state index < -0.39 is 0 Å². The van der Waals surface area contributed by atoms with Crippen LogP contribution in [0.4, 0.5) is 0 Å². The van der Waals surface area contributed by atoms with Crippen molar-refractivity contribution < 1.29 is 9.53 Å². The summed E-state index contributed by atoms with van der Waals surface area (Å²) in [5.74, 6) is 0.0305. The highest BCUT2D eigenvalue weighted by molar-refractivity contribution is 5.81. The van der Waals surface area contributed by atoms with Gasteiger partial charge in [0.15, 0.2) is 0 Å². The number of nitrogens with zero attached hydrogens (tertiary/aromatic N) is 1. The molecular weight excluding hydrogens is 180 g/mol. The minimum atomic E-state index is -0.340. The fourth-order valence-electron chi connectivity index (χ4n) is 1.27. The van der Waals surface area contributed by atoms with Gasteiger partial charge in [-0.2, -0.15) is 0 Å². The van der Waals surface area contributed by atoms with Crippen LogP contribution in [0.25, 0.3) is 0 Å². The lowest BCUT2D eigenvalue weighted by Crippen LogP contribution is -2.42. The predicted molar refractivity (Wildman–Crippen MR) is 57.0 cm³/mol. The molecule has 0 aliphatic carbocycles. The van der Waals surface area contributed by atoms with Crippen LogP contribution in [0.15, 0.2) is 0 Å². The van der Waals surface area contributed by atoms with E-state index in [0.29, 0.717) is 13.2 Å². The molecule has 2 N–H and O–H groups in total. The Bertz CT molecular complexity index is 162. The van der Waals surface area contributed by atoms with Crippen molar-refractivity contribution in [1.29, 1.82) is 0 Å². The molecule has 14 heavy (non-hydrogen) atoms. The van der Waals surface area contributed by atoms with E-state index in [2.05, 4.69) is 0 Å². The first-order valence-corrected chi connectivity index (χ1v) is 5.13. The number of rotatable bonds is 7. The Balaban J connectivity index is 3.74. The summed E-state index contributed by atoms with van der Waals surface area (Å²) in [6, 6.07) is -0.340. The number of hydrogen-bond donors (Lipinski definition) is 1. The third-order valence-electron chi connectivity index (χ3n) is 2.14. The summed E-state index contributed by atoms with van der Waals surface area (Å²) in [5, 5.41) is 0. The van der Waals surface area contributed by atoms with Gasteiger partial charge in [-0.05, 0) is 12.8 Å². The number of nitrogens with two attached hydrogens (primary N) is 1. The van der Waals surface area contributed by atoms with Gasteiger partial charge in [-0.1, -0.05) is 13.3 Å². The van der Waals surface area contributed by atoms with E-state index in [1.54, 1.807) is 19.1 Å². The van der Waals surface area contributed by atoms with E-state index in [0.717, 1.165) is 19.3 Å². The van der Waals surface area contributed by atoms with Crippen molar-refractivity contribution in [3.8, 4) is 0 Å². The zero-order valence-electron chi connectivity index (χ0n) is 9.45. The highest BCUT2D eigenvalue weighted by atomic mass is 16.5. The van der Waals surface area contributed by atoms with Crippen molar-refractivity contribution >= 4 is 5.91 Å². The molecule has 0 spiro atoms. The van der Waals surface area contributed by atoms with Crippen LogP contribution in [-0.2, 0) is 9.53 Å². The maximum atomic E-state index is 11.6. The van der Waals surface area contributed by atoms with Gasteiger partial charge in [0, 0.05) is 27.3 Å². The molecule has 0 aromatic carbocycles. The van der Waals surface area contributed by atoms with Crippen LogP contribution >= 0.6 is 0 Å². The zero-order valence-corrected chi connectivity index (χ0v) is 9.45. The van der Waals surface area contributed by atoms with E-state index in [-0.39, 0.29) is 11.9 Å². The molecule has 0 aromatic heterocycles. The molecule has 0 aromatic rings. The number of methoxy groups -OCH3 is 1. The molecule has 84 valence electrons. The number of carbonyl (C=O) groups is 1. The maximum absolute atomic E-state index is 11.6. The number of carbonyl (C=O) groups excluding carboxylic acids is 1. The number of amides is 1. The van der Waals surface area contributed by atoms with Gasteiger partial charge in [-0.25, -0.2) is 0 Å². The molecule has 1 amide bonds. The van der Waals surface area contributed by atoms with Gasteiger partial charge in [0.25, 0.3) is 0 Å². The van der Waals surface area contributed by atoms with E-state index in [1.807, 2.05) is 6.92 Å². The largest absolute Gasteiger partial charge is 0.385 e. The summed E-state index contributed by atoms with van der Waals surface area (Å²) in [6.45, 7) is 3.42. The Morgan fingerprint density at radius 3 is 2.71 bits per heavy atom. The maximum Gasteiger partial charge on any atom is 0.239 e. The summed E-state index contributed by atoms with van der Waals surface area (Å²) in [7, 11) is 3.44. The Morgan fingerprint density at radius 2 is 2.21 bits per heavy atom. The van der Waals surface area contributed by atoms with Crippen LogP contribution in [0.5, 0.6) is 0 Å². The molecule has 0 fully saturated rings. The van der Waals surface area contributed by atoms with Crippen molar-refractivity contribution in [3.63, 3.8) is 0 Å². The van der Waals surface area contributed by atoms with Crippen molar-refractivity contribution in [2.45, 2.75) is 32.2 Å². The first-order valence-electron chi connectivity index (χ1n) is 5.13. The smallest absolute Gasteiger partial charge is 0.239 e. The van der Waals surface area contributed by atoms with Gasteiger partial charge in [0.2, 0.25) is 5.91 Å². The zero-order chi connectivity index (χ0) is 11.0. The molecule has 1 atom stereocenters. The number of likely N-dealkylation sites (N-methyl/N-ethyl adjacent to an activating group) is 1. The number of hydrogen-bond acceptors (Lipinski definition) is 3. The van der Waals surface area contributed by atoms with Crippen molar-refractivity contribution in [2.75, 3.05) is 27.3 Å². The van der Waals surface area contributed by atoms with E-state index in [1.165, 1.54) is 0 Å².